The van der Waals surface area contributed by atoms with Crippen molar-refractivity contribution in [2.24, 2.45) is 0 Å². The van der Waals surface area contributed by atoms with E-state index in [9.17, 15) is 9.59 Å². The number of thiocarbonyl (C=S) groups is 1. The molecule has 3 N–H and O–H groups in total. The van der Waals surface area contributed by atoms with Crippen LogP contribution < -0.4 is 16.2 Å². The molecule has 0 spiro atoms. The summed E-state index contributed by atoms with van der Waals surface area (Å²) < 4.78 is 0. The maximum absolute atomic E-state index is 12.0. The molecule has 0 atom stereocenters. The third kappa shape index (κ3) is 5.33. The Morgan fingerprint density at radius 3 is 2.38 bits per heavy atom. The molecule has 24 heavy (non-hydrogen) atoms. The van der Waals surface area contributed by atoms with Gasteiger partial charge in [-0.05, 0) is 54.5 Å². The molecule has 0 saturated carbocycles. The first-order valence-corrected chi connectivity index (χ1v) is 7.94. The molecule has 2 aromatic carbocycles. The van der Waals surface area contributed by atoms with Gasteiger partial charge in [0.1, 0.15) is 0 Å². The Morgan fingerprint density at radius 2 is 1.71 bits per heavy atom. The van der Waals surface area contributed by atoms with Crippen LogP contribution in [0.15, 0.2) is 48.5 Å². The maximum Gasteiger partial charge on any atom is 0.269 e. The molecule has 7 heteroatoms. The molecule has 0 radical (unpaired) electrons. The van der Waals surface area contributed by atoms with Crippen LogP contribution in [0.2, 0.25) is 5.02 Å². The van der Waals surface area contributed by atoms with E-state index in [1.165, 1.54) is 0 Å². The van der Waals surface area contributed by atoms with Gasteiger partial charge in [-0.25, -0.2) is 0 Å². The lowest BCUT2D eigenvalue weighted by molar-refractivity contribution is -0.119. The second-order valence-electron chi connectivity index (χ2n) is 5.07. The van der Waals surface area contributed by atoms with Crippen LogP contribution in [0.3, 0.4) is 0 Å². The Morgan fingerprint density at radius 1 is 1.04 bits per heavy atom. The molecule has 0 heterocycles. The highest BCUT2D eigenvalue weighted by molar-refractivity contribution is 7.80. The van der Waals surface area contributed by atoms with Gasteiger partial charge in [-0.3, -0.25) is 20.4 Å². The lowest BCUT2D eigenvalue weighted by atomic mass is 10.1. The van der Waals surface area contributed by atoms with Gasteiger partial charge in [0, 0.05) is 10.6 Å². The smallest absolute Gasteiger partial charge is 0.269 e. The number of rotatable bonds is 3. The molecular formula is C17H16ClN3O2S. The maximum atomic E-state index is 12.0. The minimum absolute atomic E-state index is 0.0240. The summed E-state index contributed by atoms with van der Waals surface area (Å²) in [6.07, 6.45) is 0.208. The number of hydrogen-bond acceptors (Lipinski definition) is 3. The Balaban J connectivity index is 1.80. The molecule has 0 fully saturated rings. The fourth-order valence-corrected chi connectivity index (χ4v) is 2.26. The van der Waals surface area contributed by atoms with Crippen molar-refractivity contribution < 1.29 is 9.59 Å². The van der Waals surface area contributed by atoms with Crippen molar-refractivity contribution in [3.05, 3.63) is 70.2 Å². The quantitative estimate of drug-likeness (QED) is 0.580. The van der Waals surface area contributed by atoms with Gasteiger partial charge in [0.05, 0.1) is 6.42 Å². The van der Waals surface area contributed by atoms with Gasteiger partial charge in [-0.1, -0.05) is 35.9 Å². The summed E-state index contributed by atoms with van der Waals surface area (Å²) in [5.41, 5.74) is 7.27. The topological polar surface area (TPSA) is 70.2 Å². The van der Waals surface area contributed by atoms with Gasteiger partial charge >= 0.3 is 0 Å². The predicted octanol–water partition coefficient (Wildman–Crippen LogP) is 2.53. The Labute approximate surface area is 150 Å². The molecule has 2 rings (SSSR count). The average molecular weight is 362 g/mol. The number of benzene rings is 2. The van der Waals surface area contributed by atoms with E-state index < -0.39 is 0 Å². The number of carbonyl (C=O) groups excluding carboxylic acids is 2. The number of carbonyl (C=O) groups is 2. The van der Waals surface area contributed by atoms with Gasteiger partial charge in [-0.2, -0.15) is 0 Å². The number of hydrazine groups is 1. The highest BCUT2D eigenvalue weighted by atomic mass is 35.5. The molecule has 2 aromatic rings. The molecule has 0 saturated heterocycles. The zero-order valence-electron chi connectivity index (χ0n) is 12.9. The largest absolute Gasteiger partial charge is 0.302 e. The van der Waals surface area contributed by atoms with E-state index in [1.807, 2.05) is 31.2 Å². The number of aryl methyl sites for hydroxylation is 1. The van der Waals surface area contributed by atoms with Crippen LogP contribution in [0.4, 0.5) is 0 Å². The SMILES string of the molecule is Cc1ccccc1CC(=O)NC(=S)NNC(=O)c1ccc(Cl)cc1. The van der Waals surface area contributed by atoms with E-state index in [0.29, 0.717) is 10.6 Å². The Bertz CT molecular complexity index is 763. The van der Waals surface area contributed by atoms with Crippen molar-refractivity contribution in [2.75, 3.05) is 0 Å². The standard InChI is InChI=1S/C17H16ClN3O2S/c1-11-4-2-3-5-13(11)10-15(22)19-17(24)21-20-16(23)12-6-8-14(18)9-7-12/h2-9H,10H2,1H3,(H,20,23)(H2,19,21,22,24). The molecule has 5 nitrogen and oxygen atoms in total. The minimum Gasteiger partial charge on any atom is -0.302 e. The number of amides is 2. The number of halogens is 1. The first-order chi connectivity index (χ1) is 11.5. The van der Waals surface area contributed by atoms with Crippen LogP contribution in [0.25, 0.3) is 0 Å². The zero-order chi connectivity index (χ0) is 17.5. The fourth-order valence-electron chi connectivity index (χ4n) is 1.97. The molecule has 0 aliphatic carbocycles. The van der Waals surface area contributed by atoms with Crippen LogP contribution in [0, 0.1) is 6.92 Å². The van der Waals surface area contributed by atoms with E-state index in [2.05, 4.69) is 16.2 Å². The highest BCUT2D eigenvalue weighted by Gasteiger charge is 2.09. The van der Waals surface area contributed by atoms with Crippen molar-refractivity contribution in [2.45, 2.75) is 13.3 Å². The van der Waals surface area contributed by atoms with Crippen molar-refractivity contribution in [1.29, 1.82) is 0 Å². The second kappa shape index (κ2) is 8.42. The van der Waals surface area contributed by atoms with E-state index >= 15 is 0 Å². The molecule has 0 aromatic heterocycles. The molecule has 0 unspecified atom stereocenters. The predicted molar refractivity (Wildman–Crippen MR) is 97.7 cm³/mol. The zero-order valence-corrected chi connectivity index (χ0v) is 14.5. The molecule has 124 valence electrons. The first kappa shape index (κ1) is 17.9. The van der Waals surface area contributed by atoms with Crippen LogP contribution in [0.1, 0.15) is 21.5 Å². The van der Waals surface area contributed by atoms with E-state index in [0.717, 1.165) is 11.1 Å². The normalized spacial score (nSPS) is 9.92. The van der Waals surface area contributed by atoms with Gasteiger partial charge in [-0.15, -0.1) is 0 Å². The van der Waals surface area contributed by atoms with Gasteiger partial charge in [0.25, 0.3) is 5.91 Å². The Kier molecular flexibility index (Phi) is 6.28. The lowest BCUT2D eigenvalue weighted by Crippen LogP contribution is -2.48. The van der Waals surface area contributed by atoms with Crippen LogP contribution in [-0.4, -0.2) is 16.9 Å². The third-order valence-corrected chi connectivity index (χ3v) is 3.72. The average Bonchev–Trinajstić information content (AvgIpc) is 2.55. The van der Waals surface area contributed by atoms with E-state index in [1.54, 1.807) is 24.3 Å². The summed E-state index contributed by atoms with van der Waals surface area (Å²) in [6, 6.07) is 14.0. The molecule has 0 aliphatic heterocycles. The summed E-state index contributed by atoms with van der Waals surface area (Å²) >= 11 is 10.8. The summed E-state index contributed by atoms with van der Waals surface area (Å²) in [5.74, 6) is -0.648. The minimum atomic E-state index is -0.387. The highest BCUT2D eigenvalue weighted by Crippen LogP contribution is 2.09. The fraction of sp³-hybridized carbons (Fsp3) is 0.118. The van der Waals surface area contributed by atoms with Crippen molar-refractivity contribution in [3.63, 3.8) is 0 Å². The Hall–Kier alpha value is -2.44. The first-order valence-electron chi connectivity index (χ1n) is 7.16. The van der Waals surface area contributed by atoms with Crippen LogP contribution in [0.5, 0.6) is 0 Å². The van der Waals surface area contributed by atoms with Gasteiger partial charge in [0.2, 0.25) is 5.91 Å². The number of hydrogen-bond donors (Lipinski definition) is 3. The molecule has 0 aliphatic rings. The summed E-state index contributed by atoms with van der Waals surface area (Å²) in [7, 11) is 0. The molecule has 2 amide bonds. The summed E-state index contributed by atoms with van der Waals surface area (Å²) in [6.45, 7) is 1.94. The third-order valence-electron chi connectivity index (χ3n) is 3.26. The van der Waals surface area contributed by atoms with Gasteiger partial charge in [0.15, 0.2) is 5.11 Å². The lowest BCUT2D eigenvalue weighted by Gasteiger charge is -2.11. The monoisotopic (exact) mass is 361 g/mol. The molecular weight excluding hydrogens is 346 g/mol. The number of nitrogens with one attached hydrogen (secondary N) is 3. The van der Waals surface area contributed by atoms with Gasteiger partial charge < -0.3 is 5.32 Å². The van der Waals surface area contributed by atoms with Crippen molar-refractivity contribution >= 4 is 40.7 Å². The van der Waals surface area contributed by atoms with Crippen LogP contribution in [-0.2, 0) is 11.2 Å². The van der Waals surface area contributed by atoms with Crippen LogP contribution >= 0.6 is 23.8 Å². The second-order valence-corrected chi connectivity index (χ2v) is 5.91. The summed E-state index contributed by atoms with van der Waals surface area (Å²) in [5, 5.41) is 3.08. The molecule has 0 bridgehead atoms. The van der Waals surface area contributed by atoms with E-state index in [4.69, 9.17) is 23.8 Å². The van der Waals surface area contributed by atoms with Crippen molar-refractivity contribution in [1.82, 2.24) is 16.2 Å². The van der Waals surface area contributed by atoms with Crippen molar-refractivity contribution in [3.8, 4) is 0 Å². The summed E-state index contributed by atoms with van der Waals surface area (Å²) in [4.78, 5) is 23.9. The van der Waals surface area contributed by atoms with E-state index in [-0.39, 0.29) is 23.3 Å².